The molecule has 0 heterocycles. The van der Waals surface area contributed by atoms with Crippen LogP contribution in [0.25, 0.3) is 0 Å². The van der Waals surface area contributed by atoms with Gasteiger partial charge in [0.1, 0.15) is 7.14 Å². The Morgan fingerprint density at radius 3 is 2.00 bits per heavy atom. The predicted octanol–water partition coefficient (Wildman–Crippen LogP) is 2.76. The molecule has 1 rings (SSSR count). The average molecular weight is 196 g/mol. The van der Waals surface area contributed by atoms with E-state index in [0.717, 1.165) is 5.56 Å². The van der Waals surface area contributed by atoms with Gasteiger partial charge in [0.25, 0.3) is 0 Å². The highest BCUT2D eigenvalue weighted by molar-refractivity contribution is 7.79. The van der Waals surface area contributed by atoms with E-state index in [9.17, 15) is 9.36 Å². The number of hydrogen-bond donors (Lipinski definition) is 0. The third-order valence-corrected chi connectivity index (χ3v) is 3.02. The fourth-order valence-corrected chi connectivity index (χ4v) is 1.78. The van der Waals surface area contributed by atoms with E-state index in [1.54, 1.807) is 12.1 Å². The SMILES string of the molecule is Cc1ccc(C(=O)P(C)(C)=O)cc1. The van der Waals surface area contributed by atoms with E-state index in [1.165, 1.54) is 13.3 Å². The summed E-state index contributed by atoms with van der Waals surface area (Å²) in [5, 5.41) is 0. The Labute approximate surface area is 78.3 Å². The van der Waals surface area contributed by atoms with Crippen molar-refractivity contribution < 1.29 is 9.36 Å². The van der Waals surface area contributed by atoms with Gasteiger partial charge in [-0.1, -0.05) is 29.8 Å². The van der Waals surface area contributed by atoms with E-state index in [-0.39, 0.29) is 5.52 Å². The molecule has 0 bridgehead atoms. The van der Waals surface area contributed by atoms with E-state index in [2.05, 4.69) is 0 Å². The van der Waals surface area contributed by atoms with Crippen LogP contribution in [0.1, 0.15) is 15.9 Å². The van der Waals surface area contributed by atoms with E-state index in [4.69, 9.17) is 0 Å². The minimum atomic E-state index is -2.63. The van der Waals surface area contributed by atoms with Gasteiger partial charge in [0.2, 0.25) is 5.52 Å². The molecule has 0 radical (unpaired) electrons. The Bertz CT molecular complexity index is 359. The molecule has 0 N–H and O–H groups in total. The molecule has 1 aromatic rings. The minimum Gasteiger partial charge on any atom is -0.316 e. The second kappa shape index (κ2) is 3.47. The van der Waals surface area contributed by atoms with Crippen LogP contribution in [0.4, 0.5) is 0 Å². The number of benzene rings is 1. The summed E-state index contributed by atoms with van der Waals surface area (Å²) >= 11 is 0. The summed E-state index contributed by atoms with van der Waals surface area (Å²) in [6.45, 7) is 4.94. The maximum Gasteiger partial charge on any atom is 0.220 e. The Morgan fingerprint density at radius 2 is 1.62 bits per heavy atom. The molecule has 1 aromatic carbocycles. The first-order chi connectivity index (χ1) is 5.91. The normalized spacial score (nSPS) is 11.3. The van der Waals surface area contributed by atoms with Gasteiger partial charge in [-0.3, -0.25) is 4.79 Å². The summed E-state index contributed by atoms with van der Waals surface area (Å²) in [7, 11) is -2.63. The molecule has 0 aromatic heterocycles. The van der Waals surface area contributed by atoms with Crippen LogP contribution in [0.15, 0.2) is 24.3 Å². The van der Waals surface area contributed by atoms with E-state index < -0.39 is 7.14 Å². The van der Waals surface area contributed by atoms with Crippen molar-refractivity contribution in [2.24, 2.45) is 0 Å². The third kappa shape index (κ3) is 2.53. The molecule has 0 amide bonds. The Morgan fingerprint density at radius 1 is 1.15 bits per heavy atom. The molecule has 70 valence electrons. The molecule has 13 heavy (non-hydrogen) atoms. The van der Waals surface area contributed by atoms with E-state index >= 15 is 0 Å². The van der Waals surface area contributed by atoms with E-state index in [0.29, 0.717) is 5.56 Å². The van der Waals surface area contributed by atoms with Gasteiger partial charge < -0.3 is 4.57 Å². The summed E-state index contributed by atoms with van der Waals surface area (Å²) in [5.41, 5.74) is 1.39. The lowest BCUT2D eigenvalue weighted by atomic mass is 10.2. The summed E-state index contributed by atoms with van der Waals surface area (Å²) < 4.78 is 11.5. The highest BCUT2D eigenvalue weighted by Crippen LogP contribution is 2.40. The van der Waals surface area contributed by atoms with Crippen LogP contribution in [-0.2, 0) is 4.57 Å². The van der Waals surface area contributed by atoms with Crippen LogP contribution in [0.3, 0.4) is 0 Å². The lowest BCUT2D eigenvalue weighted by Crippen LogP contribution is -1.98. The number of carbonyl (C=O) groups excluding carboxylic acids is 1. The molecular weight excluding hydrogens is 183 g/mol. The highest BCUT2D eigenvalue weighted by Gasteiger charge is 2.20. The Balaban J connectivity index is 3.04. The van der Waals surface area contributed by atoms with Crippen molar-refractivity contribution in [1.29, 1.82) is 0 Å². The molecule has 2 nitrogen and oxygen atoms in total. The molecule has 0 spiro atoms. The number of rotatable bonds is 2. The van der Waals surface area contributed by atoms with Crippen molar-refractivity contribution in [2.75, 3.05) is 13.3 Å². The van der Waals surface area contributed by atoms with Crippen LogP contribution in [0, 0.1) is 6.92 Å². The lowest BCUT2D eigenvalue weighted by Gasteiger charge is -2.04. The second-order valence-corrected chi connectivity index (χ2v) is 6.63. The van der Waals surface area contributed by atoms with Crippen LogP contribution in [-0.4, -0.2) is 18.9 Å². The van der Waals surface area contributed by atoms with Gasteiger partial charge >= 0.3 is 0 Å². The minimum absolute atomic E-state index is 0.243. The molecule has 0 atom stereocenters. The zero-order valence-corrected chi connectivity index (χ0v) is 8.97. The molecule has 0 saturated carbocycles. The number of aryl methyl sites for hydroxylation is 1. The van der Waals surface area contributed by atoms with Gasteiger partial charge in [-0.05, 0) is 20.3 Å². The lowest BCUT2D eigenvalue weighted by molar-refractivity contribution is 0.107. The number of carbonyl (C=O) groups is 1. The van der Waals surface area contributed by atoms with Gasteiger partial charge in [-0.25, -0.2) is 0 Å². The van der Waals surface area contributed by atoms with Crippen molar-refractivity contribution in [3.05, 3.63) is 35.4 Å². The maximum absolute atomic E-state index is 11.5. The highest BCUT2D eigenvalue weighted by atomic mass is 31.2. The first kappa shape index (κ1) is 10.2. The van der Waals surface area contributed by atoms with Crippen molar-refractivity contribution >= 4 is 12.7 Å². The monoisotopic (exact) mass is 196 g/mol. The predicted molar refractivity (Wildman–Crippen MR) is 55.0 cm³/mol. The van der Waals surface area contributed by atoms with Crippen LogP contribution in [0.5, 0.6) is 0 Å². The summed E-state index contributed by atoms with van der Waals surface area (Å²) in [4.78, 5) is 11.5. The van der Waals surface area contributed by atoms with Crippen molar-refractivity contribution in [3.8, 4) is 0 Å². The molecule has 0 aliphatic rings. The molecule has 0 aliphatic carbocycles. The second-order valence-electron chi connectivity index (χ2n) is 3.52. The quantitative estimate of drug-likeness (QED) is 0.681. The average Bonchev–Trinajstić information content (AvgIpc) is 2.03. The molecule has 0 unspecified atom stereocenters. The van der Waals surface area contributed by atoms with Gasteiger partial charge in [-0.15, -0.1) is 0 Å². The van der Waals surface area contributed by atoms with Gasteiger partial charge in [0.05, 0.1) is 0 Å². The molecular formula is C10H13O2P. The standard InChI is InChI=1S/C10H13O2P/c1-8-4-6-9(7-5-8)10(11)13(2,3)12/h4-7H,1-3H3. The fraction of sp³-hybridized carbons (Fsp3) is 0.300. The maximum atomic E-state index is 11.5. The third-order valence-electron chi connectivity index (χ3n) is 1.79. The molecule has 0 aliphatic heterocycles. The van der Waals surface area contributed by atoms with Crippen molar-refractivity contribution in [1.82, 2.24) is 0 Å². The van der Waals surface area contributed by atoms with Crippen LogP contribution in [0.2, 0.25) is 0 Å². The largest absolute Gasteiger partial charge is 0.316 e. The summed E-state index contributed by atoms with van der Waals surface area (Å²) in [6, 6.07) is 7.14. The zero-order chi connectivity index (χ0) is 10.1. The topological polar surface area (TPSA) is 34.1 Å². The fourth-order valence-electron chi connectivity index (χ4n) is 1.01. The van der Waals surface area contributed by atoms with Crippen molar-refractivity contribution in [3.63, 3.8) is 0 Å². The first-order valence-corrected chi connectivity index (χ1v) is 6.68. The number of hydrogen-bond acceptors (Lipinski definition) is 2. The van der Waals surface area contributed by atoms with Gasteiger partial charge in [0, 0.05) is 5.56 Å². The van der Waals surface area contributed by atoms with E-state index in [1.807, 2.05) is 19.1 Å². The first-order valence-electron chi connectivity index (χ1n) is 4.08. The Kier molecular flexibility index (Phi) is 2.72. The van der Waals surface area contributed by atoms with Gasteiger partial charge in [-0.2, -0.15) is 0 Å². The van der Waals surface area contributed by atoms with Crippen molar-refractivity contribution in [2.45, 2.75) is 6.92 Å². The molecule has 3 heteroatoms. The van der Waals surface area contributed by atoms with Crippen LogP contribution < -0.4 is 0 Å². The summed E-state index contributed by atoms with van der Waals surface area (Å²) in [6.07, 6.45) is 0. The van der Waals surface area contributed by atoms with Crippen LogP contribution >= 0.6 is 7.14 Å². The Hall–Kier alpha value is -0.880. The zero-order valence-electron chi connectivity index (χ0n) is 8.07. The summed E-state index contributed by atoms with van der Waals surface area (Å²) in [5.74, 6) is 0. The van der Waals surface area contributed by atoms with Gasteiger partial charge in [0.15, 0.2) is 0 Å². The smallest absolute Gasteiger partial charge is 0.220 e. The molecule has 0 saturated heterocycles. The molecule has 0 fully saturated rings.